The van der Waals surface area contributed by atoms with Crippen LogP contribution in [0.5, 0.6) is 0 Å². The molecule has 0 radical (unpaired) electrons. The first kappa shape index (κ1) is 6.57. The number of nitrogens with zero attached hydrogens (tertiary/aromatic N) is 1. The lowest BCUT2D eigenvalue weighted by Crippen LogP contribution is -2.40. The van der Waals surface area contributed by atoms with Crippen molar-refractivity contribution in [2.45, 2.75) is 25.8 Å². The molecule has 1 N–H and O–H groups in total. The fourth-order valence-electron chi connectivity index (χ4n) is 1.18. The summed E-state index contributed by atoms with van der Waals surface area (Å²) in [6.07, 6.45) is 2.12. The Morgan fingerprint density at radius 3 is 2.78 bits per heavy atom. The van der Waals surface area contributed by atoms with Crippen molar-refractivity contribution >= 4 is 0 Å². The molecule has 1 rings (SSSR count). The Kier molecular flexibility index (Phi) is 2.07. The lowest BCUT2D eigenvalue weighted by molar-refractivity contribution is 0.279. The van der Waals surface area contributed by atoms with E-state index in [1.165, 1.54) is 0 Å². The van der Waals surface area contributed by atoms with Gasteiger partial charge >= 0.3 is 0 Å². The standard InChI is InChI=1S/C7H12N2/c1-2-9-7-3-6(4-7)5-8/h6-7,9H,2-4H2,1H3. The molecule has 2 heteroatoms. The zero-order valence-electron chi connectivity index (χ0n) is 5.72. The van der Waals surface area contributed by atoms with Gasteiger partial charge in [0.05, 0.1) is 6.07 Å². The summed E-state index contributed by atoms with van der Waals surface area (Å²) in [6, 6.07) is 2.89. The first-order chi connectivity index (χ1) is 4.36. The Labute approximate surface area is 55.9 Å². The molecule has 0 spiro atoms. The maximum Gasteiger partial charge on any atom is 0.0657 e. The molecule has 0 saturated heterocycles. The van der Waals surface area contributed by atoms with Crippen LogP contribution in [-0.2, 0) is 0 Å². The van der Waals surface area contributed by atoms with Crippen molar-refractivity contribution in [3.05, 3.63) is 0 Å². The minimum Gasteiger partial charge on any atom is -0.314 e. The second-order valence-electron chi connectivity index (χ2n) is 2.55. The summed E-state index contributed by atoms with van der Waals surface area (Å²) < 4.78 is 0. The highest BCUT2D eigenvalue weighted by Gasteiger charge is 2.27. The van der Waals surface area contributed by atoms with Crippen LogP contribution in [0.3, 0.4) is 0 Å². The van der Waals surface area contributed by atoms with Crippen LogP contribution in [0.4, 0.5) is 0 Å². The first-order valence-electron chi connectivity index (χ1n) is 3.49. The number of nitrogens with one attached hydrogen (secondary N) is 1. The van der Waals surface area contributed by atoms with Gasteiger partial charge in [0, 0.05) is 12.0 Å². The third-order valence-electron chi connectivity index (χ3n) is 1.81. The molecule has 50 valence electrons. The van der Waals surface area contributed by atoms with Crippen LogP contribution >= 0.6 is 0 Å². The van der Waals surface area contributed by atoms with E-state index in [2.05, 4.69) is 18.3 Å². The van der Waals surface area contributed by atoms with Gasteiger partial charge in [0.25, 0.3) is 0 Å². The molecule has 2 nitrogen and oxygen atoms in total. The molecule has 0 unspecified atom stereocenters. The molecule has 0 aromatic carbocycles. The number of rotatable bonds is 2. The maximum absolute atomic E-state index is 8.39. The molecule has 0 aromatic rings. The topological polar surface area (TPSA) is 35.8 Å². The van der Waals surface area contributed by atoms with Crippen LogP contribution in [0.25, 0.3) is 0 Å². The average molecular weight is 124 g/mol. The van der Waals surface area contributed by atoms with Gasteiger partial charge in [0.1, 0.15) is 0 Å². The Balaban J connectivity index is 2.06. The summed E-state index contributed by atoms with van der Waals surface area (Å²) in [6.45, 7) is 3.13. The lowest BCUT2D eigenvalue weighted by atomic mass is 9.81. The van der Waals surface area contributed by atoms with Crippen molar-refractivity contribution in [3.63, 3.8) is 0 Å². The van der Waals surface area contributed by atoms with Gasteiger partial charge < -0.3 is 5.32 Å². The van der Waals surface area contributed by atoms with Gasteiger partial charge in [-0.1, -0.05) is 6.92 Å². The van der Waals surface area contributed by atoms with Gasteiger partial charge in [-0.25, -0.2) is 0 Å². The van der Waals surface area contributed by atoms with Crippen LogP contribution in [0.2, 0.25) is 0 Å². The molecule has 1 aliphatic carbocycles. The smallest absolute Gasteiger partial charge is 0.0657 e. The van der Waals surface area contributed by atoms with Crippen LogP contribution in [0.1, 0.15) is 19.8 Å². The highest BCUT2D eigenvalue weighted by molar-refractivity contribution is 4.96. The van der Waals surface area contributed by atoms with E-state index >= 15 is 0 Å². The normalized spacial score (nSPS) is 32.9. The van der Waals surface area contributed by atoms with Crippen LogP contribution in [-0.4, -0.2) is 12.6 Å². The van der Waals surface area contributed by atoms with Gasteiger partial charge in [-0.3, -0.25) is 0 Å². The summed E-state index contributed by atoms with van der Waals surface area (Å²) in [7, 11) is 0. The third-order valence-corrected chi connectivity index (χ3v) is 1.81. The third kappa shape index (κ3) is 1.43. The zero-order chi connectivity index (χ0) is 6.69. The predicted octanol–water partition coefficient (Wildman–Crippen LogP) is 0.898. The van der Waals surface area contributed by atoms with Gasteiger partial charge in [-0.05, 0) is 19.4 Å². The Morgan fingerprint density at radius 2 is 2.33 bits per heavy atom. The van der Waals surface area contributed by atoms with Crippen molar-refractivity contribution < 1.29 is 0 Å². The monoisotopic (exact) mass is 124 g/mol. The first-order valence-corrected chi connectivity index (χ1v) is 3.49. The highest BCUT2D eigenvalue weighted by Crippen LogP contribution is 2.25. The van der Waals surface area contributed by atoms with Crippen molar-refractivity contribution in [2.24, 2.45) is 5.92 Å². The van der Waals surface area contributed by atoms with Gasteiger partial charge in [0.2, 0.25) is 0 Å². The number of hydrogen-bond donors (Lipinski definition) is 1. The molecule has 1 saturated carbocycles. The van der Waals surface area contributed by atoms with E-state index < -0.39 is 0 Å². The van der Waals surface area contributed by atoms with E-state index in [0.29, 0.717) is 12.0 Å². The van der Waals surface area contributed by atoms with Crippen LogP contribution < -0.4 is 5.32 Å². The van der Waals surface area contributed by atoms with Crippen molar-refractivity contribution in [1.29, 1.82) is 5.26 Å². The quantitative estimate of drug-likeness (QED) is 0.593. The summed E-state index contributed by atoms with van der Waals surface area (Å²) >= 11 is 0. The predicted molar refractivity (Wildman–Crippen MR) is 35.8 cm³/mol. The van der Waals surface area contributed by atoms with E-state index in [1.807, 2.05) is 0 Å². The SMILES string of the molecule is CCNC1CC(C#N)C1. The minimum absolute atomic E-state index is 0.342. The summed E-state index contributed by atoms with van der Waals surface area (Å²) in [5.41, 5.74) is 0. The number of nitriles is 1. The van der Waals surface area contributed by atoms with Gasteiger partial charge in [-0.2, -0.15) is 5.26 Å². The minimum atomic E-state index is 0.342. The van der Waals surface area contributed by atoms with Crippen molar-refractivity contribution in [3.8, 4) is 6.07 Å². The molecule has 1 fully saturated rings. The second-order valence-corrected chi connectivity index (χ2v) is 2.55. The van der Waals surface area contributed by atoms with E-state index in [-0.39, 0.29) is 0 Å². The molecule has 0 bridgehead atoms. The maximum atomic E-state index is 8.39. The van der Waals surface area contributed by atoms with E-state index in [0.717, 1.165) is 19.4 Å². The van der Waals surface area contributed by atoms with Crippen LogP contribution in [0.15, 0.2) is 0 Å². The summed E-state index contributed by atoms with van der Waals surface area (Å²) in [4.78, 5) is 0. The average Bonchev–Trinajstić information content (AvgIpc) is 1.77. The number of hydrogen-bond acceptors (Lipinski definition) is 2. The van der Waals surface area contributed by atoms with E-state index in [4.69, 9.17) is 5.26 Å². The summed E-state index contributed by atoms with van der Waals surface area (Å²) in [5.74, 6) is 0.342. The Bertz CT molecular complexity index is 119. The molecule has 9 heavy (non-hydrogen) atoms. The van der Waals surface area contributed by atoms with Gasteiger partial charge in [-0.15, -0.1) is 0 Å². The second kappa shape index (κ2) is 2.84. The fourth-order valence-corrected chi connectivity index (χ4v) is 1.18. The van der Waals surface area contributed by atoms with Gasteiger partial charge in [0.15, 0.2) is 0 Å². The fraction of sp³-hybridized carbons (Fsp3) is 0.857. The largest absolute Gasteiger partial charge is 0.314 e. The van der Waals surface area contributed by atoms with E-state index in [9.17, 15) is 0 Å². The molecule has 0 amide bonds. The lowest BCUT2D eigenvalue weighted by Gasteiger charge is -2.30. The van der Waals surface area contributed by atoms with Crippen molar-refractivity contribution in [1.82, 2.24) is 5.32 Å². The molecule has 1 aliphatic rings. The van der Waals surface area contributed by atoms with Crippen LogP contribution in [0, 0.1) is 17.2 Å². The zero-order valence-corrected chi connectivity index (χ0v) is 5.72. The Hall–Kier alpha value is -0.550. The molecule has 0 atom stereocenters. The molecule has 0 heterocycles. The summed E-state index contributed by atoms with van der Waals surface area (Å²) in [5, 5.41) is 11.7. The molecule has 0 aliphatic heterocycles. The molecular weight excluding hydrogens is 112 g/mol. The molecular formula is C7H12N2. The van der Waals surface area contributed by atoms with Crippen molar-refractivity contribution in [2.75, 3.05) is 6.54 Å². The Morgan fingerprint density at radius 1 is 1.67 bits per heavy atom. The molecule has 0 aromatic heterocycles. The van der Waals surface area contributed by atoms with E-state index in [1.54, 1.807) is 0 Å². The highest BCUT2D eigenvalue weighted by atomic mass is 14.9.